The molecule has 0 amide bonds. The van der Waals surface area contributed by atoms with Gasteiger partial charge in [-0.2, -0.15) is 13.2 Å². The Labute approximate surface area is 202 Å². The van der Waals surface area contributed by atoms with E-state index < -0.39 is 12.8 Å². The van der Waals surface area contributed by atoms with Gasteiger partial charge in [-0.1, -0.05) is 6.07 Å². The minimum Gasteiger partial charge on any atom is -0.497 e. The lowest BCUT2D eigenvalue weighted by atomic mass is 10.2. The normalized spacial score (nSPS) is 14.6. The summed E-state index contributed by atoms with van der Waals surface area (Å²) in [6.07, 6.45) is -2.89. The van der Waals surface area contributed by atoms with Gasteiger partial charge in [0.05, 0.1) is 7.11 Å². The van der Waals surface area contributed by atoms with E-state index in [0.717, 1.165) is 49.1 Å². The van der Waals surface area contributed by atoms with E-state index in [4.69, 9.17) is 4.74 Å². The van der Waals surface area contributed by atoms with Crippen LogP contribution in [0.5, 0.6) is 11.6 Å². The maximum absolute atomic E-state index is 12.2. The van der Waals surface area contributed by atoms with Crippen LogP contribution in [-0.4, -0.2) is 69.0 Å². The van der Waals surface area contributed by atoms with Gasteiger partial charge in [-0.25, -0.2) is 4.98 Å². The third-order valence-electron chi connectivity index (χ3n) is 4.86. The van der Waals surface area contributed by atoms with Crippen LogP contribution >= 0.6 is 24.0 Å². The number of hydrogen-bond donors (Lipinski definition) is 1. The van der Waals surface area contributed by atoms with Crippen molar-refractivity contribution in [3.63, 3.8) is 0 Å². The van der Waals surface area contributed by atoms with Crippen molar-refractivity contribution >= 4 is 35.6 Å². The van der Waals surface area contributed by atoms with Crippen molar-refractivity contribution in [3.8, 4) is 11.6 Å². The van der Waals surface area contributed by atoms with E-state index >= 15 is 0 Å². The molecule has 3 rings (SSSR count). The molecular weight excluding hydrogens is 538 g/mol. The number of alkyl halides is 3. The van der Waals surface area contributed by atoms with E-state index in [9.17, 15) is 13.2 Å². The predicted octanol–water partition coefficient (Wildman–Crippen LogP) is 3.55. The maximum Gasteiger partial charge on any atom is 0.422 e. The number of halogens is 4. The van der Waals surface area contributed by atoms with Gasteiger partial charge in [-0.05, 0) is 29.8 Å². The quantitative estimate of drug-likeness (QED) is 0.329. The number of piperazine rings is 1. The van der Waals surface area contributed by atoms with Crippen molar-refractivity contribution in [2.45, 2.75) is 12.7 Å². The number of ether oxygens (including phenoxy) is 2. The van der Waals surface area contributed by atoms with E-state index in [2.05, 4.69) is 42.0 Å². The Hall–Kier alpha value is -2.44. The molecule has 32 heavy (non-hydrogen) atoms. The monoisotopic (exact) mass is 565 g/mol. The fourth-order valence-electron chi connectivity index (χ4n) is 3.24. The van der Waals surface area contributed by atoms with Gasteiger partial charge in [-0.3, -0.25) is 4.99 Å². The van der Waals surface area contributed by atoms with Crippen molar-refractivity contribution in [3.05, 3.63) is 48.2 Å². The van der Waals surface area contributed by atoms with Crippen molar-refractivity contribution in [1.29, 1.82) is 0 Å². The van der Waals surface area contributed by atoms with Gasteiger partial charge in [0.2, 0.25) is 5.88 Å². The maximum atomic E-state index is 12.2. The number of rotatable bonds is 6. The highest BCUT2D eigenvalue weighted by molar-refractivity contribution is 14.0. The zero-order chi connectivity index (χ0) is 22.3. The fraction of sp³-hybridized carbons (Fsp3) is 0.429. The van der Waals surface area contributed by atoms with E-state index in [0.29, 0.717) is 6.54 Å². The first kappa shape index (κ1) is 25.8. The Kier molecular flexibility index (Phi) is 9.66. The molecule has 1 aromatic heterocycles. The molecule has 11 heteroatoms. The number of benzene rings is 1. The molecular formula is C21H27F3IN5O2. The highest BCUT2D eigenvalue weighted by Gasteiger charge is 2.28. The topological polar surface area (TPSA) is 62.2 Å². The van der Waals surface area contributed by atoms with Crippen molar-refractivity contribution in [2.75, 3.05) is 51.8 Å². The third-order valence-corrected chi connectivity index (χ3v) is 4.86. The Morgan fingerprint density at radius 1 is 1.09 bits per heavy atom. The predicted molar refractivity (Wildman–Crippen MR) is 128 cm³/mol. The fourth-order valence-corrected chi connectivity index (χ4v) is 3.24. The second kappa shape index (κ2) is 12.0. The Morgan fingerprint density at radius 2 is 1.78 bits per heavy atom. The largest absolute Gasteiger partial charge is 0.497 e. The summed E-state index contributed by atoms with van der Waals surface area (Å²) in [7, 11) is 3.38. The standard InChI is InChI=1S/C21H26F3N5O2.HI/c1-25-20(27-14-16-3-8-19(26-13-16)31-15-21(22,23)24)29-11-9-28(10-12-29)17-4-6-18(30-2)7-5-17;/h3-8,13H,9-12,14-15H2,1-2H3,(H,25,27);1H. The summed E-state index contributed by atoms with van der Waals surface area (Å²) in [4.78, 5) is 12.8. The average molecular weight is 565 g/mol. The summed E-state index contributed by atoms with van der Waals surface area (Å²) in [5, 5.41) is 3.28. The first-order chi connectivity index (χ1) is 14.9. The van der Waals surface area contributed by atoms with Crippen molar-refractivity contribution in [1.82, 2.24) is 15.2 Å². The van der Waals surface area contributed by atoms with Crippen molar-refractivity contribution < 1.29 is 22.6 Å². The molecule has 2 heterocycles. The van der Waals surface area contributed by atoms with Crippen LogP contribution in [0.4, 0.5) is 18.9 Å². The lowest BCUT2D eigenvalue weighted by Crippen LogP contribution is -2.52. The molecule has 0 atom stereocenters. The molecule has 0 radical (unpaired) electrons. The molecule has 0 spiro atoms. The van der Waals surface area contributed by atoms with Crippen LogP contribution in [0.25, 0.3) is 0 Å². The van der Waals surface area contributed by atoms with E-state index in [1.165, 1.54) is 12.3 Å². The Morgan fingerprint density at radius 3 is 2.31 bits per heavy atom. The number of guanidine groups is 1. The molecule has 0 saturated carbocycles. The molecule has 1 aromatic carbocycles. The summed E-state index contributed by atoms with van der Waals surface area (Å²) in [6.45, 7) is 2.45. The lowest BCUT2D eigenvalue weighted by Gasteiger charge is -2.37. The van der Waals surface area contributed by atoms with Crippen LogP contribution in [0.1, 0.15) is 5.56 Å². The van der Waals surface area contributed by atoms with Gasteiger partial charge in [0.25, 0.3) is 0 Å². The molecule has 0 aliphatic carbocycles. The molecule has 2 aromatic rings. The number of aromatic nitrogens is 1. The third kappa shape index (κ3) is 7.61. The molecule has 1 N–H and O–H groups in total. The molecule has 7 nitrogen and oxygen atoms in total. The summed E-state index contributed by atoms with van der Waals surface area (Å²) in [6, 6.07) is 11.1. The molecule has 176 valence electrons. The van der Waals surface area contributed by atoms with Crippen LogP contribution in [0.15, 0.2) is 47.6 Å². The summed E-state index contributed by atoms with van der Waals surface area (Å²) in [5.41, 5.74) is 1.97. The van der Waals surface area contributed by atoms with Gasteiger partial charge >= 0.3 is 6.18 Å². The molecule has 1 aliphatic heterocycles. The highest BCUT2D eigenvalue weighted by atomic mass is 127. The number of nitrogens with zero attached hydrogens (tertiary/aromatic N) is 4. The molecule has 0 unspecified atom stereocenters. The van der Waals surface area contributed by atoms with Crippen LogP contribution in [-0.2, 0) is 6.54 Å². The van der Waals surface area contributed by atoms with E-state index in [1.807, 2.05) is 12.1 Å². The first-order valence-corrected chi connectivity index (χ1v) is 9.87. The van der Waals surface area contributed by atoms with Crippen LogP contribution in [0.3, 0.4) is 0 Å². The second-order valence-electron chi connectivity index (χ2n) is 6.98. The zero-order valence-corrected chi connectivity index (χ0v) is 20.3. The lowest BCUT2D eigenvalue weighted by molar-refractivity contribution is -0.154. The number of aliphatic imine (C=N–C) groups is 1. The minimum atomic E-state index is -4.38. The molecule has 1 fully saturated rings. The summed E-state index contributed by atoms with van der Waals surface area (Å²) in [5.74, 6) is 1.55. The van der Waals surface area contributed by atoms with Crippen molar-refractivity contribution in [2.24, 2.45) is 4.99 Å². The molecule has 1 saturated heterocycles. The SMILES string of the molecule is CN=C(NCc1ccc(OCC(F)(F)F)nc1)N1CCN(c2ccc(OC)cc2)CC1.I. The number of methoxy groups -OCH3 is 1. The average Bonchev–Trinajstić information content (AvgIpc) is 2.79. The van der Waals surface area contributed by atoms with Gasteiger partial charge in [-0.15, -0.1) is 24.0 Å². The van der Waals surface area contributed by atoms with Gasteiger partial charge in [0.1, 0.15) is 5.75 Å². The van der Waals surface area contributed by atoms with Crippen LogP contribution < -0.4 is 19.7 Å². The first-order valence-electron chi connectivity index (χ1n) is 9.87. The number of anilines is 1. The van der Waals surface area contributed by atoms with E-state index in [1.54, 1.807) is 20.2 Å². The second-order valence-corrected chi connectivity index (χ2v) is 6.98. The summed E-state index contributed by atoms with van der Waals surface area (Å²) >= 11 is 0. The highest BCUT2D eigenvalue weighted by Crippen LogP contribution is 2.21. The Bertz CT molecular complexity index is 855. The van der Waals surface area contributed by atoms with Gasteiger partial charge < -0.3 is 24.6 Å². The van der Waals surface area contributed by atoms with Gasteiger partial charge in [0.15, 0.2) is 12.6 Å². The van der Waals surface area contributed by atoms with Gasteiger partial charge in [0, 0.05) is 57.7 Å². The van der Waals surface area contributed by atoms with Crippen LogP contribution in [0, 0.1) is 0 Å². The van der Waals surface area contributed by atoms with Crippen LogP contribution in [0.2, 0.25) is 0 Å². The molecule has 1 aliphatic rings. The van der Waals surface area contributed by atoms with E-state index in [-0.39, 0.29) is 29.9 Å². The number of nitrogens with one attached hydrogen (secondary N) is 1. The number of pyridine rings is 1. The summed E-state index contributed by atoms with van der Waals surface area (Å²) < 4.78 is 46.5. The smallest absolute Gasteiger partial charge is 0.422 e. The Balaban J connectivity index is 0.00000363. The minimum absolute atomic E-state index is 0. The number of hydrogen-bond acceptors (Lipinski definition) is 5. The molecule has 0 bridgehead atoms. The zero-order valence-electron chi connectivity index (χ0n) is 17.9.